The van der Waals surface area contributed by atoms with E-state index in [9.17, 15) is 25.2 Å². The number of hydrogen-bond donors (Lipinski definition) is 4. The monoisotopic (exact) mass is 464 g/mol. The molecule has 0 aromatic heterocycles. The van der Waals surface area contributed by atoms with Crippen molar-refractivity contribution in [3.05, 3.63) is 52.1 Å². The van der Waals surface area contributed by atoms with Crippen molar-refractivity contribution >= 4 is 5.97 Å². The fraction of sp³-hybridized carbons (Fsp3) is 0.560. The van der Waals surface area contributed by atoms with Crippen LogP contribution in [0.3, 0.4) is 0 Å². The molecule has 1 aromatic carbocycles. The number of aliphatic hydroxyl groups is 3. The molecule has 0 aliphatic heterocycles. The number of hydrogen-bond acceptors (Lipinski definition) is 8. The highest BCUT2D eigenvalue weighted by Gasteiger charge is 2.52. The van der Waals surface area contributed by atoms with E-state index in [4.69, 9.17) is 14.2 Å². The standard InChI is InChI=1S/C25H36O8/c1-13(2)7-9-15-11-17(12-16(18(15)26)10-8-14(3)4)25(30)33-24-20(28)22(31-5)19(27)23(32-6)21(24)29/h7-8,11-12,19-24,26-29H,9-10H2,1-6H3/t19?,20-,21+,22+,23-,24?. The number of rotatable bonds is 8. The molecule has 1 aromatic rings. The Morgan fingerprint density at radius 1 is 0.818 bits per heavy atom. The van der Waals surface area contributed by atoms with Gasteiger partial charge in [0, 0.05) is 14.2 Å². The van der Waals surface area contributed by atoms with Crippen molar-refractivity contribution in [2.24, 2.45) is 0 Å². The van der Waals surface area contributed by atoms with Crippen molar-refractivity contribution in [2.75, 3.05) is 14.2 Å². The lowest BCUT2D eigenvalue weighted by molar-refractivity contribution is -0.235. The number of phenols is 1. The van der Waals surface area contributed by atoms with E-state index in [0.29, 0.717) is 24.0 Å². The topological polar surface area (TPSA) is 126 Å². The molecule has 8 heteroatoms. The molecule has 2 rings (SSSR count). The van der Waals surface area contributed by atoms with Gasteiger partial charge < -0.3 is 34.6 Å². The molecule has 184 valence electrons. The Balaban J connectivity index is 2.40. The number of aliphatic hydroxyl groups excluding tert-OH is 3. The highest BCUT2D eigenvalue weighted by Crippen LogP contribution is 2.30. The van der Waals surface area contributed by atoms with Gasteiger partial charge in [0.15, 0.2) is 6.10 Å². The van der Waals surface area contributed by atoms with Crippen molar-refractivity contribution in [3.63, 3.8) is 0 Å². The third-order valence-corrected chi connectivity index (χ3v) is 5.77. The number of carbonyl (C=O) groups is 1. The van der Waals surface area contributed by atoms with Gasteiger partial charge in [-0.05, 0) is 63.8 Å². The van der Waals surface area contributed by atoms with Crippen LogP contribution in [0.5, 0.6) is 5.75 Å². The number of methoxy groups -OCH3 is 2. The Hall–Kier alpha value is -2.23. The van der Waals surface area contributed by atoms with Gasteiger partial charge in [-0.3, -0.25) is 0 Å². The average molecular weight is 465 g/mol. The van der Waals surface area contributed by atoms with Crippen LogP contribution in [0.25, 0.3) is 0 Å². The first-order valence-corrected chi connectivity index (χ1v) is 10.9. The molecule has 0 amide bonds. The van der Waals surface area contributed by atoms with Crippen molar-refractivity contribution in [2.45, 2.75) is 77.2 Å². The minimum Gasteiger partial charge on any atom is -0.507 e. The molecule has 2 unspecified atom stereocenters. The zero-order valence-electron chi connectivity index (χ0n) is 20.1. The summed E-state index contributed by atoms with van der Waals surface area (Å²) in [5, 5.41) is 42.2. The second kappa shape index (κ2) is 11.8. The molecule has 0 heterocycles. The van der Waals surface area contributed by atoms with Crippen molar-refractivity contribution in [1.82, 2.24) is 0 Å². The van der Waals surface area contributed by atoms with E-state index in [0.717, 1.165) is 11.1 Å². The van der Waals surface area contributed by atoms with E-state index in [1.165, 1.54) is 14.2 Å². The maximum absolute atomic E-state index is 13.1. The molecule has 1 saturated carbocycles. The molecule has 1 fully saturated rings. The summed E-state index contributed by atoms with van der Waals surface area (Å²) in [4.78, 5) is 13.1. The lowest BCUT2D eigenvalue weighted by Crippen LogP contribution is -2.65. The third-order valence-electron chi connectivity index (χ3n) is 5.77. The van der Waals surface area contributed by atoms with Gasteiger partial charge in [-0.25, -0.2) is 4.79 Å². The van der Waals surface area contributed by atoms with Crippen LogP contribution in [-0.4, -0.2) is 77.2 Å². The van der Waals surface area contributed by atoms with Crippen LogP contribution in [0.1, 0.15) is 49.2 Å². The molecule has 6 atom stereocenters. The number of esters is 1. The predicted octanol–water partition coefficient (Wildman–Crippen LogP) is 2.06. The van der Waals surface area contributed by atoms with Gasteiger partial charge in [0.25, 0.3) is 0 Å². The van der Waals surface area contributed by atoms with Crippen LogP contribution in [0.4, 0.5) is 0 Å². The van der Waals surface area contributed by atoms with Crippen LogP contribution < -0.4 is 0 Å². The normalized spacial score (nSPS) is 27.1. The molecular formula is C25H36O8. The zero-order chi connectivity index (χ0) is 24.9. The minimum atomic E-state index is -1.47. The molecule has 8 nitrogen and oxygen atoms in total. The van der Waals surface area contributed by atoms with E-state index < -0.39 is 42.6 Å². The van der Waals surface area contributed by atoms with Gasteiger partial charge in [0.1, 0.15) is 36.3 Å². The summed E-state index contributed by atoms with van der Waals surface area (Å²) in [6.45, 7) is 7.77. The lowest BCUT2D eigenvalue weighted by atomic mass is 9.84. The van der Waals surface area contributed by atoms with E-state index in [-0.39, 0.29) is 11.3 Å². The summed E-state index contributed by atoms with van der Waals surface area (Å²) in [6, 6.07) is 3.09. The summed E-state index contributed by atoms with van der Waals surface area (Å²) in [5.41, 5.74) is 3.43. The Bertz CT molecular complexity index is 823. The molecule has 1 aliphatic rings. The van der Waals surface area contributed by atoms with Crippen molar-refractivity contribution in [1.29, 1.82) is 0 Å². The first-order chi connectivity index (χ1) is 15.5. The summed E-state index contributed by atoms with van der Waals surface area (Å²) in [7, 11) is 2.59. The largest absolute Gasteiger partial charge is 0.507 e. The first-order valence-electron chi connectivity index (χ1n) is 10.9. The highest BCUT2D eigenvalue weighted by atomic mass is 16.6. The van der Waals surface area contributed by atoms with Crippen molar-refractivity contribution in [3.8, 4) is 5.75 Å². The van der Waals surface area contributed by atoms with Gasteiger partial charge in [0.2, 0.25) is 0 Å². The van der Waals surface area contributed by atoms with Crippen LogP contribution in [0.2, 0.25) is 0 Å². The fourth-order valence-corrected chi connectivity index (χ4v) is 3.87. The Kier molecular flexibility index (Phi) is 9.63. The number of ether oxygens (including phenoxy) is 3. The molecule has 33 heavy (non-hydrogen) atoms. The minimum absolute atomic E-state index is 0.112. The van der Waals surface area contributed by atoms with E-state index >= 15 is 0 Å². The summed E-state index contributed by atoms with van der Waals surface area (Å²) in [6.07, 6.45) is -3.12. The Labute approximate surface area is 195 Å². The maximum Gasteiger partial charge on any atom is 0.338 e. The van der Waals surface area contributed by atoms with Crippen LogP contribution in [0.15, 0.2) is 35.4 Å². The molecule has 0 radical (unpaired) electrons. The summed E-state index contributed by atoms with van der Waals surface area (Å²) in [5.74, 6) is -0.669. The molecule has 0 bridgehead atoms. The SMILES string of the molecule is CO[C@@H]1C(O)[C@H](OC)[C@@H](O)C(OC(=O)c2cc(CC=C(C)C)c(O)c(CC=C(C)C)c2)[C@H]1O. The van der Waals surface area contributed by atoms with Crippen LogP contribution in [0, 0.1) is 0 Å². The number of carbonyl (C=O) groups excluding carboxylic acids is 1. The number of benzene rings is 1. The second-order valence-corrected chi connectivity index (χ2v) is 8.86. The van der Waals surface area contributed by atoms with Gasteiger partial charge in [-0.15, -0.1) is 0 Å². The van der Waals surface area contributed by atoms with Gasteiger partial charge >= 0.3 is 5.97 Å². The molecule has 4 N–H and O–H groups in total. The predicted molar refractivity (Wildman–Crippen MR) is 123 cm³/mol. The van der Waals surface area contributed by atoms with Crippen molar-refractivity contribution < 1.29 is 39.4 Å². The molecule has 0 spiro atoms. The van der Waals surface area contributed by atoms with Crippen LogP contribution in [-0.2, 0) is 27.1 Å². The fourth-order valence-electron chi connectivity index (χ4n) is 3.87. The molecular weight excluding hydrogens is 428 g/mol. The Morgan fingerprint density at radius 2 is 1.21 bits per heavy atom. The quantitative estimate of drug-likeness (QED) is 0.340. The summed E-state index contributed by atoms with van der Waals surface area (Å²) < 4.78 is 15.8. The Morgan fingerprint density at radius 3 is 1.58 bits per heavy atom. The second-order valence-electron chi connectivity index (χ2n) is 8.86. The maximum atomic E-state index is 13.1. The average Bonchev–Trinajstić information content (AvgIpc) is 2.75. The smallest absolute Gasteiger partial charge is 0.338 e. The van der Waals surface area contributed by atoms with Gasteiger partial charge in [-0.2, -0.15) is 0 Å². The van der Waals surface area contributed by atoms with Gasteiger partial charge in [-0.1, -0.05) is 23.3 Å². The van der Waals surface area contributed by atoms with E-state index in [1.54, 1.807) is 12.1 Å². The van der Waals surface area contributed by atoms with Gasteiger partial charge in [0.05, 0.1) is 5.56 Å². The first kappa shape index (κ1) is 27.0. The van der Waals surface area contributed by atoms with E-state index in [2.05, 4.69) is 0 Å². The number of phenolic OH excluding ortho intramolecular Hbond substituents is 1. The lowest BCUT2D eigenvalue weighted by Gasteiger charge is -2.43. The van der Waals surface area contributed by atoms with E-state index in [1.807, 2.05) is 39.8 Å². The number of allylic oxidation sites excluding steroid dienone is 4. The zero-order valence-corrected chi connectivity index (χ0v) is 20.1. The number of aromatic hydroxyl groups is 1. The van der Waals surface area contributed by atoms with Crippen LogP contribution >= 0.6 is 0 Å². The molecule has 1 aliphatic carbocycles. The molecule has 0 saturated heterocycles. The third kappa shape index (κ3) is 6.43. The summed E-state index contributed by atoms with van der Waals surface area (Å²) >= 11 is 0. The highest BCUT2D eigenvalue weighted by molar-refractivity contribution is 5.90.